The van der Waals surface area contributed by atoms with Crippen molar-refractivity contribution in [3.8, 4) is 6.07 Å². The van der Waals surface area contributed by atoms with Gasteiger partial charge in [0.2, 0.25) is 11.8 Å². The maximum Gasteiger partial charge on any atom is 0.239 e. The molecule has 0 aliphatic heterocycles. The Bertz CT molecular complexity index is 919. The van der Waals surface area contributed by atoms with Gasteiger partial charge in [-0.3, -0.25) is 14.5 Å². The van der Waals surface area contributed by atoms with Gasteiger partial charge in [0.1, 0.15) is 16.9 Å². The zero-order valence-corrected chi connectivity index (χ0v) is 15.7. The van der Waals surface area contributed by atoms with Crippen molar-refractivity contribution in [1.82, 2.24) is 4.90 Å². The van der Waals surface area contributed by atoms with Crippen LogP contribution in [-0.4, -0.2) is 36.9 Å². The van der Waals surface area contributed by atoms with Crippen LogP contribution in [0.1, 0.15) is 22.4 Å². The molecule has 3 rings (SSSR count). The van der Waals surface area contributed by atoms with E-state index in [2.05, 4.69) is 16.7 Å². The summed E-state index contributed by atoms with van der Waals surface area (Å²) in [6, 6.07) is 7.80. The Morgan fingerprint density at radius 2 is 2.00 bits per heavy atom. The molecule has 2 amide bonds. The molecule has 0 unspecified atom stereocenters. The fourth-order valence-corrected chi connectivity index (χ4v) is 4.35. The number of carbonyl (C=O) groups is 2. The van der Waals surface area contributed by atoms with Gasteiger partial charge in [-0.25, -0.2) is 4.39 Å². The Kier molecular flexibility index (Phi) is 5.84. The molecule has 1 aromatic heterocycles. The molecule has 0 spiro atoms. The third-order valence-electron chi connectivity index (χ3n) is 4.22. The largest absolute Gasteiger partial charge is 0.325 e. The molecule has 27 heavy (non-hydrogen) atoms. The summed E-state index contributed by atoms with van der Waals surface area (Å²) in [4.78, 5) is 27.0. The number of benzene rings is 1. The molecule has 2 aromatic rings. The summed E-state index contributed by atoms with van der Waals surface area (Å²) >= 11 is 1.46. The highest BCUT2D eigenvalue weighted by Gasteiger charge is 2.23. The number of amides is 2. The van der Waals surface area contributed by atoms with Gasteiger partial charge in [0.25, 0.3) is 0 Å². The van der Waals surface area contributed by atoms with Gasteiger partial charge >= 0.3 is 0 Å². The Balaban J connectivity index is 1.52. The van der Waals surface area contributed by atoms with Crippen LogP contribution in [0.4, 0.5) is 15.1 Å². The molecule has 140 valence electrons. The predicted octanol–water partition coefficient (Wildman–Crippen LogP) is 2.76. The summed E-state index contributed by atoms with van der Waals surface area (Å²) in [5.74, 6) is -1.06. The van der Waals surface area contributed by atoms with E-state index >= 15 is 0 Å². The lowest BCUT2D eigenvalue weighted by Gasteiger charge is -2.16. The second-order valence-electron chi connectivity index (χ2n) is 6.45. The minimum atomic E-state index is -0.434. The van der Waals surface area contributed by atoms with Gasteiger partial charge in [0.15, 0.2) is 0 Å². The highest BCUT2D eigenvalue weighted by Crippen LogP contribution is 2.38. The molecule has 1 heterocycles. The first-order chi connectivity index (χ1) is 13.0. The number of hydrogen-bond acceptors (Lipinski definition) is 5. The van der Waals surface area contributed by atoms with Crippen LogP contribution < -0.4 is 10.6 Å². The monoisotopic (exact) mass is 386 g/mol. The number of nitrogens with zero attached hydrogens (tertiary/aromatic N) is 2. The predicted molar refractivity (Wildman–Crippen MR) is 102 cm³/mol. The number of carbonyl (C=O) groups excluding carboxylic acids is 2. The Morgan fingerprint density at radius 3 is 2.70 bits per heavy atom. The molecule has 2 N–H and O–H groups in total. The molecule has 0 atom stereocenters. The fourth-order valence-electron chi connectivity index (χ4n) is 3.09. The van der Waals surface area contributed by atoms with Crippen LogP contribution in [0.5, 0.6) is 0 Å². The standard InChI is InChI=1S/C19H19FN4O2S/c1-24(10-17(25)22-13-5-2-4-12(20)8-13)11-18(26)23-19-15(9-21)14-6-3-7-16(14)27-19/h2,4-5,8H,3,6-7,10-11H2,1H3,(H,22,25)(H,23,26). The van der Waals surface area contributed by atoms with E-state index in [1.807, 2.05) is 0 Å². The van der Waals surface area contributed by atoms with Crippen LogP contribution in [0.3, 0.4) is 0 Å². The van der Waals surface area contributed by atoms with Crippen molar-refractivity contribution in [3.05, 3.63) is 46.1 Å². The van der Waals surface area contributed by atoms with Gasteiger partial charge in [-0.2, -0.15) is 5.26 Å². The third-order valence-corrected chi connectivity index (χ3v) is 5.43. The minimum absolute atomic E-state index is 0.00397. The summed E-state index contributed by atoms with van der Waals surface area (Å²) in [7, 11) is 1.64. The SMILES string of the molecule is CN(CC(=O)Nc1cccc(F)c1)CC(=O)Nc1sc2c(c1C#N)CCC2. The van der Waals surface area contributed by atoms with E-state index in [4.69, 9.17) is 0 Å². The number of hydrogen-bond donors (Lipinski definition) is 2. The molecule has 0 radical (unpaired) electrons. The maximum absolute atomic E-state index is 13.1. The Hall–Kier alpha value is -2.76. The van der Waals surface area contributed by atoms with Gasteiger partial charge in [-0.05, 0) is 50.1 Å². The van der Waals surface area contributed by atoms with E-state index in [1.165, 1.54) is 34.4 Å². The smallest absolute Gasteiger partial charge is 0.239 e. The van der Waals surface area contributed by atoms with E-state index in [1.54, 1.807) is 18.0 Å². The van der Waals surface area contributed by atoms with Crippen LogP contribution in [-0.2, 0) is 22.4 Å². The average molecular weight is 386 g/mol. The van der Waals surface area contributed by atoms with Crippen LogP contribution in [0.15, 0.2) is 24.3 Å². The fraction of sp³-hybridized carbons (Fsp3) is 0.316. The number of thiophene rings is 1. The summed E-state index contributed by atoms with van der Waals surface area (Å²) in [6.45, 7) is -0.0139. The Labute approximate surface area is 160 Å². The lowest BCUT2D eigenvalue weighted by atomic mass is 10.1. The average Bonchev–Trinajstić information content (AvgIpc) is 3.14. The molecule has 6 nitrogen and oxygen atoms in total. The van der Waals surface area contributed by atoms with Crippen LogP contribution in [0.2, 0.25) is 0 Å². The van der Waals surface area contributed by atoms with Crippen molar-refractivity contribution in [2.45, 2.75) is 19.3 Å². The molecule has 1 aliphatic carbocycles. The highest BCUT2D eigenvalue weighted by atomic mass is 32.1. The number of aryl methyl sites for hydroxylation is 1. The first-order valence-electron chi connectivity index (χ1n) is 8.54. The summed E-state index contributed by atoms with van der Waals surface area (Å²) in [6.07, 6.45) is 2.88. The molecule has 1 aliphatic rings. The first kappa shape index (κ1) is 19.0. The van der Waals surface area contributed by atoms with Crippen LogP contribution in [0.25, 0.3) is 0 Å². The lowest BCUT2D eigenvalue weighted by molar-refractivity contribution is -0.119. The lowest BCUT2D eigenvalue weighted by Crippen LogP contribution is -2.36. The van der Waals surface area contributed by atoms with Crippen molar-refractivity contribution in [1.29, 1.82) is 5.26 Å². The van der Waals surface area contributed by atoms with Gasteiger partial charge in [0, 0.05) is 10.6 Å². The van der Waals surface area contributed by atoms with Gasteiger partial charge < -0.3 is 10.6 Å². The molecule has 0 saturated heterocycles. The van der Waals surface area contributed by atoms with E-state index < -0.39 is 5.82 Å². The van der Waals surface area contributed by atoms with Crippen molar-refractivity contribution in [2.24, 2.45) is 0 Å². The molecule has 1 aromatic carbocycles. The van der Waals surface area contributed by atoms with E-state index in [0.717, 1.165) is 24.8 Å². The number of fused-ring (bicyclic) bond motifs is 1. The topological polar surface area (TPSA) is 85.2 Å². The van der Waals surface area contributed by atoms with Crippen LogP contribution >= 0.6 is 11.3 Å². The number of halogens is 1. The molecule has 8 heteroatoms. The van der Waals surface area contributed by atoms with E-state index in [-0.39, 0.29) is 24.9 Å². The minimum Gasteiger partial charge on any atom is -0.325 e. The summed E-state index contributed by atoms with van der Waals surface area (Å²) < 4.78 is 13.1. The quantitative estimate of drug-likeness (QED) is 0.799. The number of nitriles is 1. The summed E-state index contributed by atoms with van der Waals surface area (Å²) in [5.41, 5.74) is 1.98. The molecular formula is C19H19FN4O2S. The van der Waals surface area contributed by atoms with Crippen LogP contribution in [0, 0.1) is 17.1 Å². The van der Waals surface area contributed by atoms with Crippen molar-refractivity contribution < 1.29 is 14.0 Å². The molecule has 0 saturated carbocycles. The van der Waals surface area contributed by atoms with Crippen molar-refractivity contribution >= 4 is 33.8 Å². The number of anilines is 2. The number of likely N-dealkylation sites (N-methyl/N-ethyl adjacent to an activating group) is 1. The van der Waals surface area contributed by atoms with Gasteiger partial charge in [0.05, 0.1) is 18.7 Å². The molecular weight excluding hydrogens is 367 g/mol. The second-order valence-corrected chi connectivity index (χ2v) is 7.56. The molecule has 0 bridgehead atoms. The first-order valence-corrected chi connectivity index (χ1v) is 9.36. The summed E-state index contributed by atoms with van der Waals surface area (Å²) in [5, 5.41) is 15.3. The second kappa shape index (κ2) is 8.29. The van der Waals surface area contributed by atoms with Gasteiger partial charge in [-0.15, -0.1) is 11.3 Å². The number of nitrogens with one attached hydrogen (secondary N) is 2. The molecule has 0 fully saturated rings. The van der Waals surface area contributed by atoms with E-state index in [0.29, 0.717) is 16.3 Å². The van der Waals surface area contributed by atoms with Crippen molar-refractivity contribution in [2.75, 3.05) is 30.8 Å². The van der Waals surface area contributed by atoms with Gasteiger partial charge in [-0.1, -0.05) is 6.07 Å². The number of rotatable bonds is 6. The third kappa shape index (κ3) is 4.70. The maximum atomic E-state index is 13.1. The zero-order valence-electron chi connectivity index (χ0n) is 14.8. The van der Waals surface area contributed by atoms with Crippen molar-refractivity contribution in [3.63, 3.8) is 0 Å². The highest BCUT2D eigenvalue weighted by molar-refractivity contribution is 7.16. The van der Waals surface area contributed by atoms with E-state index in [9.17, 15) is 19.2 Å². The zero-order chi connectivity index (χ0) is 19.4. The Morgan fingerprint density at radius 1 is 1.26 bits per heavy atom. The normalized spacial score (nSPS) is 12.5.